The molecule has 6 atom stereocenters. The first-order valence-electron chi connectivity index (χ1n) is 9.58. The minimum absolute atomic E-state index is 0.00599. The molecule has 0 aliphatic carbocycles. The van der Waals surface area contributed by atoms with Gasteiger partial charge in [-0.05, 0) is 25.1 Å². The Labute approximate surface area is 177 Å². The summed E-state index contributed by atoms with van der Waals surface area (Å²) in [6, 6.07) is 6.63. The van der Waals surface area contributed by atoms with Crippen LogP contribution < -0.4 is 11.4 Å². The van der Waals surface area contributed by atoms with Crippen LogP contribution in [0, 0.1) is 0 Å². The number of anilines is 1. The van der Waals surface area contributed by atoms with Crippen molar-refractivity contribution in [2.45, 2.75) is 43.5 Å². The number of aromatic nitrogens is 3. The van der Waals surface area contributed by atoms with E-state index < -0.39 is 50.3 Å². The van der Waals surface area contributed by atoms with Crippen LogP contribution in [0.4, 0.5) is 5.82 Å². The van der Waals surface area contributed by atoms with E-state index in [0.29, 0.717) is 12.1 Å². The van der Waals surface area contributed by atoms with E-state index in [1.165, 1.54) is 19.2 Å². The molecule has 2 aromatic rings. The molecule has 2 aliphatic rings. The number of phosphoric ester groups is 1. The van der Waals surface area contributed by atoms with Crippen LogP contribution in [0.15, 0.2) is 41.5 Å². The molecule has 2 fully saturated rings. The van der Waals surface area contributed by atoms with Gasteiger partial charge in [-0.3, -0.25) is 23.1 Å². The molecule has 2 unspecified atom stereocenters. The molecule has 13 heteroatoms. The molecule has 2 aliphatic heterocycles. The Balaban J connectivity index is 1.46. The Morgan fingerprint density at radius 3 is 2.94 bits per heavy atom. The van der Waals surface area contributed by atoms with Gasteiger partial charge in [-0.2, -0.15) is 4.98 Å². The number of nitrogens with two attached hydrogens (primary N) is 1. The molecular weight excluding hydrogens is 431 g/mol. The predicted octanol–water partition coefficient (Wildman–Crippen LogP) is 0.533. The first-order chi connectivity index (χ1) is 14.7. The molecule has 0 amide bonds. The Morgan fingerprint density at radius 1 is 1.42 bits per heavy atom. The number of ether oxygens (including phenoxy) is 1. The van der Waals surface area contributed by atoms with Crippen LogP contribution >= 0.6 is 7.82 Å². The summed E-state index contributed by atoms with van der Waals surface area (Å²) in [4.78, 5) is 19.9. The highest BCUT2D eigenvalue weighted by molar-refractivity contribution is 7.48. The van der Waals surface area contributed by atoms with Crippen LogP contribution in [0.25, 0.3) is 0 Å². The lowest BCUT2D eigenvalue weighted by atomic mass is 9.96. The number of rotatable bonds is 5. The standard InChI is InChI=1S/C18H23N4O8P/c1-18(25)15(23)13(29-16(18)22-8-5-14(19)21-17(22)24)10-28-31(26)27-9-6-12(30-31)11-4-2-3-7-20-11/h2-5,7-8,12-13,15-16,23,25H,6,9-10H2,1H3,(H2,19,21,24)/t12?,13-,15-,16-,18-,31?/m1/s1. The molecule has 0 saturated carbocycles. The zero-order chi connectivity index (χ0) is 22.2. The molecule has 2 aromatic heterocycles. The van der Waals surface area contributed by atoms with Crippen LogP contribution in [0.3, 0.4) is 0 Å². The lowest BCUT2D eigenvalue weighted by Crippen LogP contribution is -2.46. The van der Waals surface area contributed by atoms with E-state index in [-0.39, 0.29) is 12.4 Å². The maximum atomic E-state index is 12.9. The van der Waals surface area contributed by atoms with Crippen molar-refractivity contribution in [3.05, 3.63) is 52.8 Å². The minimum Gasteiger partial charge on any atom is -0.387 e. The second-order valence-electron chi connectivity index (χ2n) is 7.45. The van der Waals surface area contributed by atoms with Gasteiger partial charge >= 0.3 is 13.5 Å². The Kier molecular flexibility index (Phi) is 5.97. The smallest absolute Gasteiger partial charge is 0.387 e. The average Bonchev–Trinajstić information content (AvgIpc) is 2.96. The first-order valence-corrected chi connectivity index (χ1v) is 11.0. The van der Waals surface area contributed by atoms with Crippen LogP contribution in [0.2, 0.25) is 0 Å². The van der Waals surface area contributed by atoms with Crippen molar-refractivity contribution in [1.82, 2.24) is 14.5 Å². The molecule has 12 nitrogen and oxygen atoms in total. The summed E-state index contributed by atoms with van der Waals surface area (Å²) in [6.45, 7) is 1.01. The molecule has 0 bridgehead atoms. The van der Waals surface area contributed by atoms with Crippen LogP contribution in [0.1, 0.15) is 31.4 Å². The van der Waals surface area contributed by atoms with Gasteiger partial charge in [-0.15, -0.1) is 0 Å². The third-order valence-electron chi connectivity index (χ3n) is 5.16. The van der Waals surface area contributed by atoms with Crippen LogP contribution in [-0.4, -0.2) is 55.8 Å². The van der Waals surface area contributed by atoms with Crippen molar-refractivity contribution >= 4 is 13.6 Å². The van der Waals surface area contributed by atoms with Crippen LogP contribution in [-0.2, 0) is 22.9 Å². The number of nitrogen functional groups attached to an aromatic ring is 1. The quantitative estimate of drug-likeness (QED) is 0.539. The molecule has 4 N–H and O–H groups in total. The molecule has 31 heavy (non-hydrogen) atoms. The van der Waals surface area contributed by atoms with Gasteiger partial charge in [0.05, 0.1) is 18.9 Å². The molecule has 2 saturated heterocycles. The van der Waals surface area contributed by atoms with Gasteiger partial charge in [0.25, 0.3) is 0 Å². The Bertz CT molecular complexity index is 1030. The third kappa shape index (κ3) is 4.41. The van der Waals surface area contributed by atoms with Crippen molar-refractivity contribution in [3.63, 3.8) is 0 Å². The average molecular weight is 454 g/mol. The monoisotopic (exact) mass is 454 g/mol. The zero-order valence-electron chi connectivity index (χ0n) is 16.6. The van der Waals surface area contributed by atoms with E-state index >= 15 is 0 Å². The number of hydrogen-bond acceptors (Lipinski definition) is 11. The van der Waals surface area contributed by atoms with E-state index in [1.807, 2.05) is 0 Å². The van der Waals surface area contributed by atoms with E-state index in [2.05, 4.69) is 9.97 Å². The van der Waals surface area contributed by atoms with Gasteiger partial charge in [-0.1, -0.05) is 6.07 Å². The maximum absolute atomic E-state index is 12.9. The topological polar surface area (TPSA) is 168 Å². The molecule has 0 spiro atoms. The number of nitrogens with zero attached hydrogens (tertiary/aromatic N) is 3. The first kappa shape index (κ1) is 22.0. The molecule has 4 heterocycles. The third-order valence-corrected chi connectivity index (χ3v) is 6.64. The van der Waals surface area contributed by atoms with E-state index in [0.717, 1.165) is 4.57 Å². The lowest BCUT2D eigenvalue weighted by Gasteiger charge is -2.29. The number of aliphatic hydroxyl groups is 2. The molecule has 0 radical (unpaired) electrons. The summed E-state index contributed by atoms with van der Waals surface area (Å²) in [5.74, 6) is 0.00599. The highest BCUT2D eigenvalue weighted by Gasteiger charge is 2.54. The van der Waals surface area contributed by atoms with Gasteiger partial charge in [-0.25, -0.2) is 9.36 Å². The largest absolute Gasteiger partial charge is 0.475 e. The lowest BCUT2D eigenvalue weighted by molar-refractivity contribution is -0.0989. The number of pyridine rings is 1. The summed E-state index contributed by atoms with van der Waals surface area (Å²) in [5, 5.41) is 21.3. The van der Waals surface area contributed by atoms with E-state index in [9.17, 15) is 19.6 Å². The summed E-state index contributed by atoms with van der Waals surface area (Å²) in [6.07, 6.45) is -1.11. The highest BCUT2D eigenvalue weighted by atomic mass is 31.2. The number of aliphatic hydroxyl groups excluding tert-OH is 1. The molecule has 0 aromatic carbocycles. The molecular formula is C18H23N4O8P. The van der Waals surface area contributed by atoms with Crippen molar-refractivity contribution in [3.8, 4) is 0 Å². The van der Waals surface area contributed by atoms with Crippen molar-refractivity contribution in [2.24, 2.45) is 0 Å². The zero-order valence-corrected chi connectivity index (χ0v) is 17.5. The second-order valence-corrected chi connectivity index (χ2v) is 9.07. The summed E-state index contributed by atoms with van der Waals surface area (Å²) in [5.41, 5.74) is 3.45. The van der Waals surface area contributed by atoms with E-state index in [1.54, 1.807) is 24.4 Å². The highest BCUT2D eigenvalue weighted by Crippen LogP contribution is 2.57. The van der Waals surface area contributed by atoms with Crippen LogP contribution in [0.5, 0.6) is 0 Å². The van der Waals surface area contributed by atoms with Gasteiger partial charge < -0.3 is 20.7 Å². The summed E-state index contributed by atoms with van der Waals surface area (Å²) < 4.78 is 35.7. The second kappa shape index (κ2) is 8.40. The van der Waals surface area contributed by atoms with Crippen molar-refractivity contribution in [2.75, 3.05) is 18.9 Å². The van der Waals surface area contributed by atoms with Crippen molar-refractivity contribution < 1.29 is 33.1 Å². The maximum Gasteiger partial charge on any atom is 0.475 e. The fourth-order valence-electron chi connectivity index (χ4n) is 3.49. The normalized spacial score (nSPS) is 35.8. The summed E-state index contributed by atoms with van der Waals surface area (Å²) >= 11 is 0. The minimum atomic E-state index is -3.97. The van der Waals surface area contributed by atoms with E-state index in [4.69, 9.17) is 24.0 Å². The van der Waals surface area contributed by atoms with Gasteiger partial charge in [0, 0.05) is 18.8 Å². The summed E-state index contributed by atoms with van der Waals surface area (Å²) in [7, 11) is -3.97. The molecule has 168 valence electrons. The fourth-order valence-corrected chi connectivity index (χ4v) is 4.87. The van der Waals surface area contributed by atoms with Gasteiger partial charge in [0.15, 0.2) is 6.23 Å². The number of hydrogen-bond donors (Lipinski definition) is 3. The number of phosphoric acid groups is 1. The molecule has 4 rings (SSSR count). The Morgan fingerprint density at radius 2 is 2.23 bits per heavy atom. The van der Waals surface area contributed by atoms with Crippen molar-refractivity contribution in [1.29, 1.82) is 0 Å². The SMILES string of the molecule is C[C@@]1(O)[C@H](O)[C@@H](COP2(=O)OCCC(c3ccccn3)O2)O[C@H]1n1ccc(N)nc1=O. The van der Waals surface area contributed by atoms with Gasteiger partial charge in [0.1, 0.15) is 29.7 Å². The fraction of sp³-hybridized carbons (Fsp3) is 0.500. The van der Waals surface area contributed by atoms with Gasteiger partial charge in [0.2, 0.25) is 0 Å². The predicted molar refractivity (Wildman–Crippen MR) is 106 cm³/mol. The Hall–Kier alpha value is -2.18.